The number of methoxy groups -OCH3 is 1. The maximum absolute atomic E-state index is 12.8. The third kappa shape index (κ3) is 6.16. The average Bonchev–Trinajstić information content (AvgIpc) is 3.16. The van der Waals surface area contributed by atoms with Crippen molar-refractivity contribution in [2.45, 2.75) is 13.5 Å². The normalized spacial score (nSPS) is 13.8. The van der Waals surface area contributed by atoms with E-state index in [0.717, 1.165) is 16.0 Å². The number of hydrogen-bond donors (Lipinski definition) is 3. The molecule has 0 spiro atoms. The average molecular weight is 516 g/mol. The van der Waals surface area contributed by atoms with Gasteiger partial charge >= 0.3 is 12.0 Å². The number of carboxylic acid groups (broad SMARTS) is 1. The Balaban J connectivity index is 1.41. The number of benzene rings is 3. The van der Waals surface area contributed by atoms with Gasteiger partial charge in [0, 0.05) is 5.69 Å². The zero-order chi connectivity index (χ0) is 27.2. The molecular weight excluding hydrogens is 490 g/mol. The fourth-order valence-electron chi connectivity index (χ4n) is 3.66. The van der Waals surface area contributed by atoms with E-state index in [0.29, 0.717) is 22.7 Å². The summed E-state index contributed by atoms with van der Waals surface area (Å²) in [7, 11) is 1.47. The second kappa shape index (κ2) is 11.3. The molecule has 0 atom stereocenters. The lowest BCUT2D eigenvalue weighted by Crippen LogP contribution is -2.38. The molecule has 0 bridgehead atoms. The van der Waals surface area contributed by atoms with E-state index in [1.165, 1.54) is 25.3 Å². The van der Waals surface area contributed by atoms with E-state index in [1.54, 1.807) is 42.5 Å². The third-order valence-corrected chi connectivity index (χ3v) is 5.69. The highest BCUT2D eigenvalue weighted by Gasteiger charge is 2.35. The number of hydrogen-bond acceptors (Lipinski definition) is 6. The minimum absolute atomic E-state index is 0.0207. The fraction of sp³-hybridized carbons (Fsp3) is 0.143. The molecule has 0 saturated carbocycles. The molecule has 1 aliphatic rings. The Labute approximate surface area is 218 Å². The predicted octanol–water partition coefficient (Wildman–Crippen LogP) is 3.81. The van der Waals surface area contributed by atoms with Crippen molar-refractivity contribution >= 4 is 35.6 Å². The van der Waals surface area contributed by atoms with Gasteiger partial charge in [-0.15, -0.1) is 0 Å². The maximum atomic E-state index is 12.8. The number of amides is 4. The first-order valence-electron chi connectivity index (χ1n) is 11.6. The summed E-state index contributed by atoms with van der Waals surface area (Å²) in [5, 5.41) is 14.2. The highest BCUT2D eigenvalue weighted by Crippen LogP contribution is 2.30. The van der Waals surface area contributed by atoms with Crippen LogP contribution in [0.2, 0.25) is 0 Å². The molecule has 0 aliphatic carbocycles. The van der Waals surface area contributed by atoms with Gasteiger partial charge in [-0.05, 0) is 60.5 Å². The number of carboxylic acids is 1. The van der Waals surface area contributed by atoms with Crippen LogP contribution in [-0.4, -0.2) is 47.5 Å². The first-order valence-corrected chi connectivity index (χ1v) is 11.6. The number of carbonyl (C=O) groups excluding carboxylic acids is 3. The van der Waals surface area contributed by atoms with Crippen molar-refractivity contribution in [3.05, 3.63) is 94.7 Å². The Morgan fingerprint density at radius 3 is 2.37 bits per heavy atom. The molecule has 3 aromatic carbocycles. The molecule has 10 heteroatoms. The van der Waals surface area contributed by atoms with Crippen LogP contribution in [0.15, 0.2) is 72.4 Å². The maximum Gasteiger partial charge on any atom is 0.335 e. The number of rotatable bonds is 9. The summed E-state index contributed by atoms with van der Waals surface area (Å²) in [6.07, 6.45) is 1.48. The standard InChI is InChI=1S/C28H25N3O7/c1-17-3-10-21(11-4-17)29-25(32)15-31-26(33)22(30-28(31)36)13-19-7-12-23(24(14-19)37-2)38-16-18-5-8-20(9-6-18)27(34)35/h3-14H,15-16H2,1-2H3,(H,29,32)(H,30,36)(H,34,35)/b22-13-. The Hall–Kier alpha value is -5.12. The number of anilines is 1. The summed E-state index contributed by atoms with van der Waals surface area (Å²) in [6, 6.07) is 17.8. The molecule has 0 radical (unpaired) electrons. The molecule has 1 aliphatic heterocycles. The van der Waals surface area contributed by atoms with Gasteiger partial charge in [-0.2, -0.15) is 0 Å². The largest absolute Gasteiger partial charge is 0.493 e. The van der Waals surface area contributed by atoms with E-state index >= 15 is 0 Å². The highest BCUT2D eigenvalue weighted by atomic mass is 16.5. The van der Waals surface area contributed by atoms with Crippen molar-refractivity contribution < 1.29 is 33.8 Å². The minimum atomic E-state index is -1.01. The van der Waals surface area contributed by atoms with Gasteiger partial charge in [0.05, 0.1) is 12.7 Å². The highest BCUT2D eigenvalue weighted by molar-refractivity contribution is 6.16. The van der Waals surface area contributed by atoms with Gasteiger partial charge in [0.25, 0.3) is 5.91 Å². The number of imide groups is 1. The van der Waals surface area contributed by atoms with Crippen molar-refractivity contribution in [2.24, 2.45) is 0 Å². The molecule has 4 amide bonds. The first kappa shape index (κ1) is 26.0. The molecule has 1 heterocycles. The Morgan fingerprint density at radius 1 is 1.00 bits per heavy atom. The number of nitrogens with one attached hydrogen (secondary N) is 2. The predicted molar refractivity (Wildman–Crippen MR) is 139 cm³/mol. The monoisotopic (exact) mass is 515 g/mol. The Kier molecular flexibility index (Phi) is 7.72. The number of aryl methyl sites for hydroxylation is 1. The lowest BCUT2D eigenvalue weighted by molar-refractivity contribution is -0.127. The lowest BCUT2D eigenvalue weighted by Gasteiger charge is -2.12. The zero-order valence-electron chi connectivity index (χ0n) is 20.7. The van der Waals surface area contributed by atoms with Gasteiger partial charge in [0.1, 0.15) is 18.8 Å². The van der Waals surface area contributed by atoms with Crippen LogP contribution in [0.4, 0.5) is 10.5 Å². The molecule has 3 N–H and O–H groups in total. The lowest BCUT2D eigenvalue weighted by atomic mass is 10.1. The van der Waals surface area contributed by atoms with Crippen LogP contribution in [0.25, 0.3) is 6.08 Å². The summed E-state index contributed by atoms with van der Waals surface area (Å²) in [5.41, 5.74) is 3.14. The molecular formula is C28H25N3O7. The second-order valence-corrected chi connectivity index (χ2v) is 8.49. The molecule has 0 aromatic heterocycles. The quantitative estimate of drug-likeness (QED) is 0.291. The smallest absolute Gasteiger partial charge is 0.335 e. The summed E-state index contributed by atoms with van der Waals surface area (Å²) >= 11 is 0. The number of aromatic carboxylic acids is 1. The van der Waals surface area contributed by atoms with Crippen LogP contribution in [0.5, 0.6) is 11.5 Å². The van der Waals surface area contributed by atoms with Crippen LogP contribution < -0.4 is 20.1 Å². The molecule has 3 aromatic rings. The van der Waals surface area contributed by atoms with Crippen LogP contribution >= 0.6 is 0 Å². The molecule has 1 fully saturated rings. The summed E-state index contributed by atoms with van der Waals surface area (Å²) in [5.74, 6) is -1.30. The van der Waals surface area contributed by atoms with E-state index in [2.05, 4.69) is 10.6 Å². The molecule has 4 rings (SSSR count). The zero-order valence-corrected chi connectivity index (χ0v) is 20.7. The van der Waals surface area contributed by atoms with E-state index in [-0.39, 0.29) is 17.9 Å². The summed E-state index contributed by atoms with van der Waals surface area (Å²) in [4.78, 5) is 49.4. The Morgan fingerprint density at radius 2 is 1.71 bits per heavy atom. The number of nitrogens with zero attached hydrogens (tertiary/aromatic N) is 1. The van der Waals surface area contributed by atoms with Crippen molar-refractivity contribution in [1.82, 2.24) is 10.2 Å². The second-order valence-electron chi connectivity index (χ2n) is 8.49. The SMILES string of the molecule is COc1cc(/C=C2\NC(=O)N(CC(=O)Nc3ccc(C)cc3)C2=O)ccc1OCc1ccc(C(=O)O)cc1. The van der Waals surface area contributed by atoms with Crippen molar-refractivity contribution in [3.63, 3.8) is 0 Å². The Bertz CT molecular complexity index is 1410. The van der Waals surface area contributed by atoms with Gasteiger partial charge in [0.15, 0.2) is 11.5 Å². The van der Waals surface area contributed by atoms with Crippen LogP contribution in [0, 0.1) is 6.92 Å². The molecule has 194 valence electrons. The molecule has 38 heavy (non-hydrogen) atoms. The van der Waals surface area contributed by atoms with Crippen LogP contribution in [0.3, 0.4) is 0 Å². The van der Waals surface area contributed by atoms with Gasteiger partial charge in [-0.25, -0.2) is 14.5 Å². The van der Waals surface area contributed by atoms with Gasteiger partial charge in [-0.1, -0.05) is 35.9 Å². The van der Waals surface area contributed by atoms with Crippen LogP contribution in [-0.2, 0) is 16.2 Å². The van der Waals surface area contributed by atoms with E-state index in [1.807, 2.05) is 19.1 Å². The van der Waals surface area contributed by atoms with Gasteiger partial charge in [-0.3, -0.25) is 9.59 Å². The van der Waals surface area contributed by atoms with E-state index in [4.69, 9.17) is 14.6 Å². The first-order chi connectivity index (χ1) is 18.2. The van der Waals surface area contributed by atoms with Crippen molar-refractivity contribution in [2.75, 3.05) is 19.0 Å². The minimum Gasteiger partial charge on any atom is -0.493 e. The van der Waals surface area contributed by atoms with Gasteiger partial charge < -0.3 is 25.2 Å². The molecule has 1 saturated heterocycles. The molecule has 0 unspecified atom stereocenters. The van der Waals surface area contributed by atoms with Crippen molar-refractivity contribution in [1.29, 1.82) is 0 Å². The number of urea groups is 1. The van der Waals surface area contributed by atoms with Crippen molar-refractivity contribution in [3.8, 4) is 11.5 Å². The number of ether oxygens (including phenoxy) is 2. The summed E-state index contributed by atoms with van der Waals surface area (Å²) < 4.78 is 11.2. The molecule has 10 nitrogen and oxygen atoms in total. The number of carbonyl (C=O) groups is 4. The topological polar surface area (TPSA) is 134 Å². The van der Waals surface area contributed by atoms with E-state index < -0.39 is 30.4 Å². The van der Waals surface area contributed by atoms with Gasteiger partial charge in [0.2, 0.25) is 5.91 Å². The fourth-order valence-corrected chi connectivity index (χ4v) is 3.66. The van der Waals surface area contributed by atoms with E-state index in [9.17, 15) is 19.2 Å². The summed E-state index contributed by atoms with van der Waals surface area (Å²) in [6.45, 7) is 1.68. The van der Waals surface area contributed by atoms with Crippen LogP contribution in [0.1, 0.15) is 27.0 Å². The third-order valence-electron chi connectivity index (χ3n) is 5.69.